The largest absolute Gasteiger partial charge is 0.344 e. The van der Waals surface area contributed by atoms with Gasteiger partial charge in [-0.15, -0.1) is 0 Å². The van der Waals surface area contributed by atoms with Gasteiger partial charge in [0.25, 0.3) is 0 Å². The van der Waals surface area contributed by atoms with E-state index in [-0.39, 0.29) is 0 Å². The molecule has 0 radical (unpaired) electrons. The lowest BCUT2D eigenvalue weighted by atomic mass is 10.2. The third-order valence-electron chi connectivity index (χ3n) is 3.00. The summed E-state index contributed by atoms with van der Waals surface area (Å²) in [6.07, 6.45) is 5.53. The Balaban J connectivity index is 2.07. The van der Waals surface area contributed by atoms with E-state index < -0.39 is 0 Å². The lowest BCUT2D eigenvalue weighted by Crippen LogP contribution is -2.26. The van der Waals surface area contributed by atoms with Crippen molar-refractivity contribution in [3.63, 3.8) is 0 Å². The fourth-order valence-electron chi connectivity index (χ4n) is 2.10. The van der Waals surface area contributed by atoms with Crippen molar-refractivity contribution < 1.29 is 0 Å². The third-order valence-corrected chi connectivity index (χ3v) is 4.89. The van der Waals surface area contributed by atoms with Crippen LogP contribution in [0.15, 0.2) is 24.3 Å². The average Bonchev–Trinajstić information content (AvgIpc) is 2.82. The molecular weight excluding hydrogens is 332 g/mol. The fraction of sp³-hybridized carbons (Fsp3) is 0.308. The molecule has 2 aromatic rings. The van der Waals surface area contributed by atoms with E-state index in [9.17, 15) is 0 Å². The summed E-state index contributed by atoms with van der Waals surface area (Å²) in [5, 5.41) is 2.66. The summed E-state index contributed by atoms with van der Waals surface area (Å²) in [5.41, 5.74) is 2.23. The summed E-state index contributed by atoms with van der Waals surface area (Å²) in [7, 11) is 0. The molecule has 0 spiro atoms. The first kappa shape index (κ1) is 12.5. The topological polar surface area (TPSA) is 16.1 Å². The highest BCUT2D eigenvalue weighted by Crippen LogP contribution is 2.34. The number of nitrogens with zero attached hydrogens (tertiary/aromatic N) is 2. The molecule has 1 aromatic carbocycles. The van der Waals surface area contributed by atoms with Crippen LogP contribution in [-0.4, -0.2) is 18.1 Å². The van der Waals surface area contributed by atoms with Gasteiger partial charge in [0.05, 0.1) is 10.2 Å². The van der Waals surface area contributed by atoms with E-state index in [0.717, 1.165) is 46.1 Å². The molecule has 0 bridgehead atoms. The highest BCUT2D eigenvalue weighted by Gasteiger charge is 2.14. The average molecular weight is 344 g/mol. The summed E-state index contributed by atoms with van der Waals surface area (Å²) < 4.78 is 1.17. The summed E-state index contributed by atoms with van der Waals surface area (Å²) in [4.78, 5) is 7.09. The number of thiazole rings is 1. The molecule has 0 aliphatic carbocycles. The molecule has 18 heavy (non-hydrogen) atoms. The first-order valence-corrected chi connectivity index (χ1v) is 8.14. The maximum absolute atomic E-state index is 6.13. The van der Waals surface area contributed by atoms with Crippen LogP contribution >= 0.6 is 38.9 Å². The molecule has 0 saturated heterocycles. The maximum atomic E-state index is 6.13. The normalized spacial score (nSPS) is 15.6. The molecule has 2 heterocycles. The Morgan fingerprint density at radius 3 is 3.00 bits per heavy atom. The molecule has 0 amide bonds. The van der Waals surface area contributed by atoms with Crippen LogP contribution in [-0.2, 0) is 5.33 Å². The van der Waals surface area contributed by atoms with Gasteiger partial charge in [-0.05, 0) is 24.1 Å². The van der Waals surface area contributed by atoms with Crippen molar-refractivity contribution in [1.82, 2.24) is 4.98 Å². The number of benzene rings is 1. The van der Waals surface area contributed by atoms with E-state index in [4.69, 9.17) is 16.6 Å². The van der Waals surface area contributed by atoms with Crippen molar-refractivity contribution in [2.45, 2.75) is 11.8 Å². The highest BCUT2D eigenvalue weighted by atomic mass is 79.9. The SMILES string of the molecule is Clc1cc(CBr)c2nc(N3CC=CCC3)sc2c1. The minimum absolute atomic E-state index is 0.783. The molecule has 0 atom stereocenters. The van der Waals surface area contributed by atoms with Gasteiger partial charge in [-0.3, -0.25) is 0 Å². The summed E-state index contributed by atoms with van der Waals surface area (Å²) in [6, 6.07) is 3.99. The zero-order chi connectivity index (χ0) is 12.5. The van der Waals surface area contributed by atoms with Crippen molar-refractivity contribution in [1.29, 1.82) is 0 Å². The van der Waals surface area contributed by atoms with Gasteiger partial charge in [-0.25, -0.2) is 4.98 Å². The van der Waals surface area contributed by atoms with E-state index in [2.05, 4.69) is 33.0 Å². The number of halogens is 2. The standard InChI is InChI=1S/C13H12BrClN2S/c14-8-9-6-10(15)7-11-12(9)16-13(18-11)17-4-2-1-3-5-17/h1-2,6-7H,3-5,8H2. The molecule has 0 unspecified atom stereocenters. The number of anilines is 1. The van der Waals surface area contributed by atoms with Crippen LogP contribution in [0.4, 0.5) is 5.13 Å². The van der Waals surface area contributed by atoms with Gasteiger partial charge < -0.3 is 4.90 Å². The Kier molecular flexibility index (Phi) is 3.59. The van der Waals surface area contributed by atoms with E-state index in [1.165, 1.54) is 4.70 Å². The smallest absolute Gasteiger partial charge is 0.186 e. The second-order valence-electron chi connectivity index (χ2n) is 4.25. The van der Waals surface area contributed by atoms with Gasteiger partial charge in [-0.1, -0.05) is 51.0 Å². The lowest BCUT2D eigenvalue weighted by molar-refractivity contribution is 0.818. The summed E-state index contributed by atoms with van der Waals surface area (Å²) in [5.74, 6) is 0. The lowest BCUT2D eigenvalue weighted by Gasteiger charge is -2.21. The van der Waals surface area contributed by atoms with Crippen LogP contribution in [0.5, 0.6) is 0 Å². The molecule has 0 fully saturated rings. The first-order valence-electron chi connectivity index (χ1n) is 5.83. The van der Waals surface area contributed by atoms with Crippen molar-refractivity contribution in [3.8, 4) is 0 Å². The van der Waals surface area contributed by atoms with Crippen molar-refractivity contribution in [2.75, 3.05) is 18.0 Å². The molecule has 2 nitrogen and oxygen atoms in total. The van der Waals surface area contributed by atoms with Gasteiger partial charge >= 0.3 is 0 Å². The Labute approximate surface area is 123 Å². The Morgan fingerprint density at radius 2 is 2.28 bits per heavy atom. The van der Waals surface area contributed by atoms with E-state index in [0.29, 0.717) is 0 Å². The molecule has 1 aliphatic heterocycles. The van der Waals surface area contributed by atoms with Crippen LogP contribution in [0.1, 0.15) is 12.0 Å². The van der Waals surface area contributed by atoms with Crippen molar-refractivity contribution in [2.24, 2.45) is 0 Å². The van der Waals surface area contributed by atoms with Crippen LogP contribution in [0, 0.1) is 0 Å². The number of aromatic nitrogens is 1. The van der Waals surface area contributed by atoms with Crippen LogP contribution in [0.3, 0.4) is 0 Å². The number of hydrogen-bond acceptors (Lipinski definition) is 3. The van der Waals surface area contributed by atoms with Gasteiger partial charge in [-0.2, -0.15) is 0 Å². The molecule has 5 heteroatoms. The Hall–Kier alpha value is -0.580. The summed E-state index contributed by atoms with van der Waals surface area (Å²) >= 11 is 11.4. The van der Waals surface area contributed by atoms with Gasteiger partial charge in [0.15, 0.2) is 5.13 Å². The van der Waals surface area contributed by atoms with Gasteiger partial charge in [0.1, 0.15) is 0 Å². The highest BCUT2D eigenvalue weighted by molar-refractivity contribution is 9.08. The van der Waals surface area contributed by atoms with Crippen LogP contribution < -0.4 is 4.90 Å². The molecule has 3 rings (SSSR count). The van der Waals surface area contributed by atoms with E-state index >= 15 is 0 Å². The third kappa shape index (κ3) is 2.29. The van der Waals surface area contributed by atoms with Gasteiger partial charge in [0, 0.05) is 23.4 Å². The zero-order valence-corrected chi connectivity index (χ0v) is 12.9. The number of hydrogen-bond donors (Lipinski definition) is 0. The number of alkyl halides is 1. The predicted molar refractivity (Wildman–Crippen MR) is 83.2 cm³/mol. The molecular formula is C13H12BrClN2S. The molecule has 1 aromatic heterocycles. The van der Waals surface area contributed by atoms with E-state index in [1.807, 2.05) is 12.1 Å². The van der Waals surface area contributed by atoms with E-state index in [1.54, 1.807) is 11.3 Å². The monoisotopic (exact) mass is 342 g/mol. The first-order chi connectivity index (χ1) is 8.78. The zero-order valence-electron chi connectivity index (χ0n) is 9.70. The number of fused-ring (bicyclic) bond motifs is 1. The van der Waals surface area contributed by atoms with Gasteiger partial charge in [0.2, 0.25) is 0 Å². The second kappa shape index (κ2) is 5.19. The molecule has 0 saturated carbocycles. The van der Waals surface area contributed by atoms with Crippen molar-refractivity contribution >= 4 is 54.2 Å². The fourth-order valence-corrected chi connectivity index (χ4v) is 3.92. The Morgan fingerprint density at radius 1 is 1.39 bits per heavy atom. The van der Waals surface area contributed by atoms with Crippen molar-refractivity contribution in [3.05, 3.63) is 34.9 Å². The molecule has 94 valence electrons. The second-order valence-corrected chi connectivity index (χ2v) is 6.25. The number of rotatable bonds is 2. The Bertz CT molecular complexity index is 608. The maximum Gasteiger partial charge on any atom is 0.186 e. The molecule has 1 aliphatic rings. The molecule has 0 N–H and O–H groups in total. The minimum Gasteiger partial charge on any atom is -0.344 e. The predicted octanol–water partition coefficient (Wildman–Crippen LogP) is 4.61. The summed E-state index contributed by atoms with van der Waals surface area (Å²) in [6.45, 7) is 2.00. The minimum atomic E-state index is 0.783. The van der Waals surface area contributed by atoms with Crippen LogP contribution in [0.25, 0.3) is 10.2 Å². The quantitative estimate of drug-likeness (QED) is 0.584. The van der Waals surface area contributed by atoms with Crippen LogP contribution in [0.2, 0.25) is 5.02 Å².